The summed E-state index contributed by atoms with van der Waals surface area (Å²) < 4.78 is 0. The molecule has 1 aromatic rings. The lowest BCUT2D eigenvalue weighted by molar-refractivity contribution is -0.134. The number of amides is 2. The number of carbonyl (C=O) groups excluding carboxylic acids is 2. The highest BCUT2D eigenvalue weighted by Gasteiger charge is 2.37. The molecule has 4 heteroatoms. The van der Waals surface area contributed by atoms with Crippen molar-refractivity contribution in [1.29, 1.82) is 0 Å². The number of benzene rings is 1. The number of fused-ring (bicyclic) bond motifs is 1. The number of carbonyl (C=O) groups is 2. The SMILES string of the molecule is O=C1N=C2C=CC=CN2C(=O)C1c1ccccc1. The first-order valence-electron chi connectivity index (χ1n) is 5.63. The summed E-state index contributed by atoms with van der Waals surface area (Å²) in [4.78, 5) is 29.6. The molecule has 0 fully saturated rings. The molecule has 2 aliphatic rings. The van der Waals surface area contributed by atoms with Crippen LogP contribution in [-0.4, -0.2) is 22.5 Å². The summed E-state index contributed by atoms with van der Waals surface area (Å²) in [5.74, 6) is -1.10. The molecule has 3 rings (SSSR count). The molecule has 0 saturated heterocycles. The standard InChI is InChI=1S/C14H10N2O2/c17-13-12(10-6-2-1-3-7-10)14(18)16-9-5-4-8-11(16)15-13/h1-9,12H. The van der Waals surface area contributed by atoms with Crippen molar-refractivity contribution in [3.05, 3.63) is 60.3 Å². The summed E-state index contributed by atoms with van der Waals surface area (Å²) in [7, 11) is 0. The van der Waals surface area contributed by atoms with Gasteiger partial charge in [-0.05, 0) is 17.7 Å². The summed E-state index contributed by atoms with van der Waals surface area (Å²) in [5.41, 5.74) is 0.679. The Morgan fingerprint density at radius 3 is 2.61 bits per heavy atom. The zero-order chi connectivity index (χ0) is 12.5. The Labute approximate surface area is 104 Å². The lowest BCUT2D eigenvalue weighted by atomic mass is 9.95. The van der Waals surface area contributed by atoms with Crippen molar-refractivity contribution in [2.75, 3.05) is 0 Å². The Kier molecular flexibility index (Phi) is 2.41. The second-order valence-corrected chi connectivity index (χ2v) is 4.06. The molecule has 0 aliphatic carbocycles. The van der Waals surface area contributed by atoms with Gasteiger partial charge in [-0.1, -0.05) is 36.4 Å². The van der Waals surface area contributed by atoms with Crippen LogP contribution in [0.1, 0.15) is 11.5 Å². The van der Waals surface area contributed by atoms with Gasteiger partial charge in [-0.3, -0.25) is 14.5 Å². The van der Waals surface area contributed by atoms with Gasteiger partial charge in [0.15, 0.2) is 0 Å². The first kappa shape index (κ1) is 10.7. The fourth-order valence-corrected chi connectivity index (χ4v) is 2.06. The molecule has 0 aromatic heterocycles. The highest BCUT2D eigenvalue weighted by atomic mass is 16.2. The zero-order valence-corrected chi connectivity index (χ0v) is 9.48. The van der Waals surface area contributed by atoms with E-state index in [0.717, 1.165) is 0 Å². The van der Waals surface area contributed by atoms with Crippen LogP contribution in [-0.2, 0) is 9.59 Å². The van der Waals surface area contributed by atoms with Gasteiger partial charge in [0.25, 0.3) is 5.91 Å². The Morgan fingerprint density at radius 1 is 1.06 bits per heavy atom. The number of aliphatic imine (C=N–C) groups is 1. The minimum absolute atomic E-state index is 0.253. The van der Waals surface area contributed by atoms with Crippen LogP contribution in [0.5, 0.6) is 0 Å². The molecule has 2 heterocycles. The number of allylic oxidation sites excluding steroid dienone is 2. The van der Waals surface area contributed by atoms with Gasteiger partial charge in [0, 0.05) is 6.20 Å². The third-order valence-corrected chi connectivity index (χ3v) is 2.93. The molecule has 0 radical (unpaired) electrons. The third kappa shape index (κ3) is 1.59. The predicted octanol–water partition coefficient (Wildman–Crippen LogP) is 1.62. The van der Waals surface area contributed by atoms with Gasteiger partial charge < -0.3 is 0 Å². The molecule has 0 saturated carbocycles. The summed E-state index contributed by atoms with van der Waals surface area (Å²) in [6, 6.07) is 9.00. The molecule has 1 unspecified atom stereocenters. The molecule has 0 bridgehead atoms. The Bertz CT molecular complexity index is 599. The highest BCUT2D eigenvalue weighted by Crippen LogP contribution is 2.25. The minimum Gasteiger partial charge on any atom is -0.273 e. The van der Waals surface area contributed by atoms with Crippen molar-refractivity contribution in [3.63, 3.8) is 0 Å². The van der Waals surface area contributed by atoms with Crippen LogP contribution in [0.2, 0.25) is 0 Å². The molecule has 4 nitrogen and oxygen atoms in total. The van der Waals surface area contributed by atoms with Crippen LogP contribution in [0.25, 0.3) is 0 Å². The topological polar surface area (TPSA) is 49.7 Å². The molecule has 2 amide bonds. The molecule has 88 valence electrons. The van der Waals surface area contributed by atoms with Crippen molar-refractivity contribution in [2.24, 2.45) is 4.99 Å². The maximum atomic E-state index is 12.3. The number of amidine groups is 1. The fourth-order valence-electron chi connectivity index (χ4n) is 2.06. The molecule has 0 spiro atoms. The van der Waals surface area contributed by atoms with Gasteiger partial charge >= 0.3 is 0 Å². The molecular formula is C14H10N2O2. The van der Waals surface area contributed by atoms with Crippen molar-refractivity contribution < 1.29 is 9.59 Å². The normalized spacial score (nSPS) is 21.9. The van der Waals surface area contributed by atoms with E-state index in [0.29, 0.717) is 11.4 Å². The quantitative estimate of drug-likeness (QED) is 0.698. The van der Waals surface area contributed by atoms with Gasteiger partial charge in [-0.2, -0.15) is 4.99 Å². The molecule has 18 heavy (non-hydrogen) atoms. The average Bonchev–Trinajstić information content (AvgIpc) is 2.40. The van der Waals surface area contributed by atoms with E-state index >= 15 is 0 Å². The zero-order valence-electron chi connectivity index (χ0n) is 9.48. The van der Waals surface area contributed by atoms with Gasteiger partial charge in [0.1, 0.15) is 11.8 Å². The van der Waals surface area contributed by atoms with Crippen molar-refractivity contribution in [2.45, 2.75) is 5.92 Å². The van der Waals surface area contributed by atoms with E-state index in [1.807, 2.05) is 6.07 Å². The van der Waals surface area contributed by atoms with E-state index in [4.69, 9.17) is 0 Å². The number of hydrogen-bond acceptors (Lipinski definition) is 2. The van der Waals surface area contributed by atoms with E-state index in [9.17, 15) is 9.59 Å². The van der Waals surface area contributed by atoms with Crippen LogP contribution in [0, 0.1) is 0 Å². The first-order chi connectivity index (χ1) is 8.77. The summed E-state index contributed by atoms with van der Waals surface area (Å²) in [6.45, 7) is 0. The maximum Gasteiger partial charge on any atom is 0.264 e. The highest BCUT2D eigenvalue weighted by molar-refractivity contribution is 6.22. The van der Waals surface area contributed by atoms with E-state index < -0.39 is 11.8 Å². The first-order valence-corrected chi connectivity index (χ1v) is 5.63. The van der Waals surface area contributed by atoms with Gasteiger partial charge in [-0.25, -0.2) is 0 Å². The molecular weight excluding hydrogens is 228 g/mol. The smallest absolute Gasteiger partial charge is 0.264 e. The number of nitrogens with zero attached hydrogens (tertiary/aromatic N) is 2. The van der Waals surface area contributed by atoms with E-state index in [1.165, 1.54) is 4.90 Å². The van der Waals surface area contributed by atoms with Crippen molar-refractivity contribution >= 4 is 17.6 Å². The molecule has 1 atom stereocenters. The number of rotatable bonds is 1. The molecule has 2 aliphatic heterocycles. The van der Waals surface area contributed by atoms with E-state index in [2.05, 4.69) is 4.99 Å². The van der Waals surface area contributed by atoms with Crippen molar-refractivity contribution in [1.82, 2.24) is 4.90 Å². The Hall–Kier alpha value is -2.49. The second-order valence-electron chi connectivity index (χ2n) is 4.06. The van der Waals surface area contributed by atoms with Crippen LogP contribution >= 0.6 is 0 Å². The average molecular weight is 238 g/mol. The minimum atomic E-state index is -0.828. The molecule has 1 aromatic carbocycles. The van der Waals surface area contributed by atoms with Crippen LogP contribution in [0.15, 0.2) is 59.8 Å². The Morgan fingerprint density at radius 2 is 1.83 bits per heavy atom. The van der Waals surface area contributed by atoms with Crippen LogP contribution in [0.3, 0.4) is 0 Å². The number of hydrogen-bond donors (Lipinski definition) is 0. The van der Waals surface area contributed by atoms with Crippen LogP contribution in [0.4, 0.5) is 0 Å². The monoisotopic (exact) mass is 238 g/mol. The second kappa shape index (κ2) is 4.07. The predicted molar refractivity (Wildman–Crippen MR) is 66.8 cm³/mol. The molecule has 0 N–H and O–H groups in total. The lowest BCUT2D eigenvalue weighted by Crippen LogP contribution is -2.43. The van der Waals surface area contributed by atoms with Crippen molar-refractivity contribution in [3.8, 4) is 0 Å². The van der Waals surface area contributed by atoms with Gasteiger partial charge in [0.2, 0.25) is 5.91 Å². The summed E-state index contributed by atoms with van der Waals surface area (Å²) in [6.07, 6.45) is 6.77. The van der Waals surface area contributed by atoms with Gasteiger partial charge in [-0.15, -0.1) is 0 Å². The summed E-state index contributed by atoms with van der Waals surface area (Å²) >= 11 is 0. The maximum absolute atomic E-state index is 12.3. The third-order valence-electron chi connectivity index (χ3n) is 2.93. The lowest BCUT2D eigenvalue weighted by Gasteiger charge is -2.28. The van der Waals surface area contributed by atoms with Gasteiger partial charge in [0.05, 0.1) is 0 Å². The van der Waals surface area contributed by atoms with E-state index in [1.54, 1.807) is 48.7 Å². The largest absolute Gasteiger partial charge is 0.273 e. The fraction of sp³-hybridized carbons (Fsp3) is 0.0714. The summed E-state index contributed by atoms with van der Waals surface area (Å²) in [5, 5.41) is 0. The van der Waals surface area contributed by atoms with Crippen LogP contribution < -0.4 is 0 Å². The van der Waals surface area contributed by atoms with E-state index in [-0.39, 0.29) is 5.91 Å². The Balaban J connectivity index is 2.06.